The Labute approximate surface area is 106 Å². The van der Waals surface area contributed by atoms with Gasteiger partial charge in [-0.1, -0.05) is 12.1 Å². The molecule has 0 aliphatic rings. The number of hydrogen-bond donors (Lipinski definition) is 1. The van der Waals surface area contributed by atoms with E-state index in [1.54, 1.807) is 32.4 Å². The van der Waals surface area contributed by atoms with E-state index in [-0.39, 0.29) is 5.82 Å². The summed E-state index contributed by atoms with van der Waals surface area (Å²) in [5.74, 6) is 0.383. The molecule has 0 radical (unpaired) electrons. The molecule has 0 unspecified atom stereocenters. The van der Waals surface area contributed by atoms with Gasteiger partial charge in [0.25, 0.3) is 0 Å². The Hall–Kier alpha value is -2.10. The summed E-state index contributed by atoms with van der Waals surface area (Å²) in [7, 11) is 1.58. The number of benzene rings is 1. The lowest BCUT2D eigenvalue weighted by Crippen LogP contribution is -2.02. The Bertz CT molecular complexity index is 526. The van der Waals surface area contributed by atoms with E-state index in [2.05, 4.69) is 10.3 Å². The number of halogens is 1. The van der Waals surface area contributed by atoms with Gasteiger partial charge in [0.05, 0.1) is 7.11 Å². The smallest absolute Gasteiger partial charge is 0.212 e. The zero-order valence-corrected chi connectivity index (χ0v) is 10.4. The standard InChI is InChI=1S/C14H15FN2O/c1-10-12(15)4-3-5-13(10)16-8-11-6-7-14(18-2)17-9-11/h3-7,9,16H,8H2,1-2H3. The average Bonchev–Trinajstić information content (AvgIpc) is 2.41. The van der Waals surface area contributed by atoms with Gasteiger partial charge in [-0.2, -0.15) is 0 Å². The number of ether oxygens (including phenoxy) is 1. The second-order valence-electron chi connectivity index (χ2n) is 3.97. The van der Waals surface area contributed by atoms with Crippen molar-refractivity contribution in [1.29, 1.82) is 0 Å². The third kappa shape index (κ3) is 2.77. The molecule has 0 aliphatic heterocycles. The molecule has 1 aromatic heterocycles. The van der Waals surface area contributed by atoms with Crippen molar-refractivity contribution < 1.29 is 9.13 Å². The number of hydrogen-bond acceptors (Lipinski definition) is 3. The Balaban J connectivity index is 2.04. The summed E-state index contributed by atoms with van der Waals surface area (Å²) in [6.07, 6.45) is 1.74. The second-order valence-corrected chi connectivity index (χ2v) is 3.97. The van der Waals surface area contributed by atoms with E-state index in [1.807, 2.05) is 12.1 Å². The molecule has 0 saturated carbocycles. The Morgan fingerprint density at radius 1 is 1.28 bits per heavy atom. The van der Waals surface area contributed by atoms with Crippen LogP contribution in [0, 0.1) is 12.7 Å². The van der Waals surface area contributed by atoms with E-state index in [4.69, 9.17) is 4.74 Å². The molecule has 3 nitrogen and oxygen atoms in total. The highest BCUT2D eigenvalue weighted by Gasteiger charge is 2.03. The minimum Gasteiger partial charge on any atom is -0.481 e. The van der Waals surface area contributed by atoms with Gasteiger partial charge in [0.1, 0.15) is 5.82 Å². The van der Waals surface area contributed by atoms with Crippen LogP contribution in [0.1, 0.15) is 11.1 Å². The maximum atomic E-state index is 13.3. The highest BCUT2D eigenvalue weighted by Crippen LogP contribution is 2.18. The zero-order chi connectivity index (χ0) is 13.0. The molecule has 0 bridgehead atoms. The number of rotatable bonds is 4. The molecule has 0 fully saturated rings. The van der Waals surface area contributed by atoms with Gasteiger partial charge in [-0.05, 0) is 24.6 Å². The number of methoxy groups -OCH3 is 1. The van der Waals surface area contributed by atoms with Gasteiger partial charge >= 0.3 is 0 Å². The van der Waals surface area contributed by atoms with Crippen LogP contribution in [0.2, 0.25) is 0 Å². The van der Waals surface area contributed by atoms with Crippen LogP contribution >= 0.6 is 0 Å². The van der Waals surface area contributed by atoms with Crippen molar-refractivity contribution in [2.75, 3.05) is 12.4 Å². The van der Waals surface area contributed by atoms with E-state index in [0.717, 1.165) is 11.3 Å². The van der Waals surface area contributed by atoms with Crippen LogP contribution in [0.15, 0.2) is 36.5 Å². The van der Waals surface area contributed by atoms with E-state index in [9.17, 15) is 4.39 Å². The molecule has 1 heterocycles. The molecule has 2 aromatic rings. The lowest BCUT2D eigenvalue weighted by atomic mass is 10.2. The topological polar surface area (TPSA) is 34.1 Å². The quantitative estimate of drug-likeness (QED) is 0.899. The molecule has 0 saturated heterocycles. The van der Waals surface area contributed by atoms with Crippen molar-refractivity contribution in [2.45, 2.75) is 13.5 Å². The molecule has 18 heavy (non-hydrogen) atoms. The van der Waals surface area contributed by atoms with Crippen LogP contribution in [0.25, 0.3) is 0 Å². The van der Waals surface area contributed by atoms with Crippen LogP contribution in [-0.2, 0) is 6.54 Å². The molecule has 1 N–H and O–H groups in total. The van der Waals surface area contributed by atoms with Crippen molar-refractivity contribution >= 4 is 5.69 Å². The van der Waals surface area contributed by atoms with Gasteiger partial charge in [-0.3, -0.25) is 0 Å². The van der Waals surface area contributed by atoms with E-state index in [0.29, 0.717) is 18.0 Å². The first-order valence-corrected chi connectivity index (χ1v) is 5.68. The molecule has 4 heteroatoms. The van der Waals surface area contributed by atoms with Gasteiger partial charge < -0.3 is 10.1 Å². The monoisotopic (exact) mass is 246 g/mol. The lowest BCUT2D eigenvalue weighted by molar-refractivity contribution is 0.397. The highest BCUT2D eigenvalue weighted by atomic mass is 19.1. The molecule has 1 aromatic carbocycles. The number of nitrogens with one attached hydrogen (secondary N) is 1. The molecule has 0 aliphatic carbocycles. The number of aromatic nitrogens is 1. The number of pyridine rings is 1. The summed E-state index contributed by atoms with van der Waals surface area (Å²) in [6, 6.07) is 8.73. The minimum atomic E-state index is -0.201. The van der Waals surface area contributed by atoms with E-state index >= 15 is 0 Å². The summed E-state index contributed by atoms with van der Waals surface area (Å²) < 4.78 is 18.3. The van der Waals surface area contributed by atoms with Crippen molar-refractivity contribution in [3.8, 4) is 5.88 Å². The van der Waals surface area contributed by atoms with Crippen LogP contribution in [-0.4, -0.2) is 12.1 Å². The second kappa shape index (κ2) is 5.49. The SMILES string of the molecule is COc1ccc(CNc2cccc(F)c2C)cn1. The predicted molar refractivity (Wildman–Crippen MR) is 69.3 cm³/mol. The number of nitrogens with zero attached hydrogens (tertiary/aromatic N) is 1. The van der Waals surface area contributed by atoms with Crippen LogP contribution < -0.4 is 10.1 Å². The maximum absolute atomic E-state index is 13.3. The van der Waals surface area contributed by atoms with Gasteiger partial charge in [-0.25, -0.2) is 9.37 Å². The van der Waals surface area contributed by atoms with Gasteiger partial charge in [0.15, 0.2) is 0 Å². The molecule has 0 amide bonds. The minimum absolute atomic E-state index is 0.201. The largest absolute Gasteiger partial charge is 0.481 e. The Morgan fingerprint density at radius 2 is 2.11 bits per heavy atom. The first-order valence-electron chi connectivity index (χ1n) is 5.68. The fourth-order valence-corrected chi connectivity index (χ4v) is 1.63. The first kappa shape index (κ1) is 12.4. The predicted octanol–water partition coefficient (Wildman–Crippen LogP) is 3.15. The fraction of sp³-hybridized carbons (Fsp3) is 0.214. The van der Waals surface area contributed by atoms with Crippen molar-refractivity contribution in [3.05, 3.63) is 53.5 Å². The molecule has 0 spiro atoms. The summed E-state index contributed by atoms with van der Waals surface area (Å²) in [5, 5.41) is 3.19. The van der Waals surface area contributed by atoms with Crippen LogP contribution in [0.4, 0.5) is 10.1 Å². The first-order chi connectivity index (χ1) is 8.70. The highest BCUT2D eigenvalue weighted by molar-refractivity contribution is 5.51. The van der Waals surface area contributed by atoms with Crippen LogP contribution in [0.3, 0.4) is 0 Å². The molecule has 0 atom stereocenters. The molecular formula is C14H15FN2O. The third-order valence-corrected chi connectivity index (χ3v) is 2.76. The van der Waals surface area contributed by atoms with Crippen LogP contribution in [0.5, 0.6) is 5.88 Å². The molecule has 94 valence electrons. The van der Waals surface area contributed by atoms with Gasteiger partial charge in [-0.15, -0.1) is 0 Å². The fourth-order valence-electron chi connectivity index (χ4n) is 1.63. The summed E-state index contributed by atoms with van der Waals surface area (Å²) in [5.41, 5.74) is 2.43. The van der Waals surface area contributed by atoms with Gasteiger partial charge in [0.2, 0.25) is 5.88 Å². The molecular weight excluding hydrogens is 231 g/mol. The van der Waals surface area contributed by atoms with Crippen molar-refractivity contribution in [2.24, 2.45) is 0 Å². The lowest BCUT2D eigenvalue weighted by Gasteiger charge is -2.10. The summed E-state index contributed by atoms with van der Waals surface area (Å²) in [6.45, 7) is 2.35. The van der Waals surface area contributed by atoms with Gasteiger partial charge in [0, 0.05) is 30.1 Å². The van der Waals surface area contributed by atoms with Crippen molar-refractivity contribution in [1.82, 2.24) is 4.98 Å². The molecule has 2 rings (SSSR count). The number of anilines is 1. The summed E-state index contributed by atoms with van der Waals surface area (Å²) in [4.78, 5) is 4.11. The van der Waals surface area contributed by atoms with E-state index < -0.39 is 0 Å². The third-order valence-electron chi connectivity index (χ3n) is 2.76. The van der Waals surface area contributed by atoms with E-state index in [1.165, 1.54) is 6.07 Å². The Morgan fingerprint density at radius 3 is 2.78 bits per heavy atom. The normalized spacial score (nSPS) is 10.2. The zero-order valence-electron chi connectivity index (χ0n) is 10.4. The summed E-state index contributed by atoms with van der Waals surface area (Å²) >= 11 is 0. The maximum Gasteiger partial charge on any atom is 0.212 e. The average molecular weight is 246 g/mol. The van der Waals surface area contributed by atoms with Crippen molar-refractivity contribution in [3.63, 3.8) is 0 Å². The Kier molecular flexibility index (Phi) is 3.77.